The van der Waals surface area contributed by atoms with Crippen molar-refractivity contribution in [1.29, 1.82) is 0 Å². The van der Waals surface area contributed by atoms with Crippen LogP contribution < -0.4 is 5.76 Å². The van der Waals surface area contributed by atoms with E-state index in [1.807, 2.05) is 0 Å². The summed E-state index contributed by atoms with van der Waals surface area (Å²) in [5.41, 5.74) is 1.17. The van der Waals surface area contributed by atoms with E-state index in [1.165, 1.54) is 19.3 Å². The van der Waals surface area contributed by atoms with E-state index in [4.69, 9.17) is 16.0 Å². The van der Waals surface area contributed by atoms with E-state index in [0.717, 1.165) is 61.9 Å². The Hall–Kier alpha value is -1.75. The van der Waals surface area contributed by atoms with Crippen molar-refractivity contribution in [3.63, 3.8) is 0 Å². The van der Waals surface area contributed by atoms with Crippen molar-refractivity contribution in [2.75, 3.05) is 13.1 Å². The third-order valence-corrected chi connectivity index (χ3v) is 8.35. The molecule has 1 amide bonds. The highest BCUT2D eigenvalue weighted by Gasteiger charge is 2.55. The molecule has 1 saturated heterocycles. The van der Waals surface area contributed by atoms with Crippen LogP contribution >= 0.6 is 11.6 Å². The molecular weight excluding hydrogens is 388 g/mol. The van der Waals surface area contributed by atoms with Crippen molar-refractivity contribution >= 4 is 28.6 Å². The SMILES string of the molecule is O=C(N1CCC[C@@H](n2c(=O)oc3ccc(Cl)cc32)C1)C12CC3CC(CC(C3)C1)C2. The van der Waals surface area contributed by atoms with Crippen LogP contribution in [0, 0.1) is 23.2 Å². The van der Waals surface area contributed by atoms with Crippen LogP contribution in [-0.4, -0.2) is 28.5 Å². The molecule has 1 atom stereocenters. The summed E-state index contributed by atoms with van der Waals surface area (Å²) >= 11 is 6.17. The molecule has 0 N–H and O–H groups in total. The fraction of sp³-hybridized carbons (Fsp3) is 0.652. The lowest BCUT2D eigenvalue weighted by molar-refractivity contribution is -0.159. The highest BCUT2D eigenvalue weighted by atomic mass is 35.5. The molecule has 5 aliphatic rings. The summed E-state index contributed by atoms with van der Waals surface area (Å²) < 4.78 is 7.17. The van der Waals surface area contributed by atoms with Crippen LogP contribution in [0.4, 0.5) is 0 Å². The van der Waals surface area contributed by atoms with Gasteiger partial charge in [0.05, 0.1) is 17.0 Å². The second-order valence-electron chi connectivity index (χ2n) is 10.1. The Balaban J connectivity index is 1.29. The molecular formula is C23H27ClN2O3. The van der Waals surface area contributed by atoms with Gasteiger partial charge in [0.1, 0.15) is 0 Å². The molecule has 2 heterocycles. The second kappa shape index (κ2) is 6.37. The van der Waals surface area contributed by atoms with Crippen LogP contribution in [0.25, 0.3) is 11.1 Å². The number of hydrogen-bond acceptors (Lipinski definition) is 3. The first-order valence-electron chi connectivity index (χ1n) is 11.1. The van der Waals surface area contributed by atoms with Gasteiger partial charge >= 0.3 is 5.76 Å². The van der Waals surface area contributed by atoms with E-state index in [0.29, 0.717) is 23.1 Å². The number of halogens is 1. The van der Waals surface area contributed by atoms with Crippen LogP contribution in [0.1, 0.15) is 57.4 Å². The largest absolute Gasteiger partial charge is 0.420 e. The topological polar surface area (TPSA) is 55.5 Å². The van der Waals surface area contributed by atoms with Gasteiger partial charge in [-0.25, -0.2) is 4.79 Å². The van der Waals surface area contributed by atoms with Gasteiger partial charge in [0, 0.05) is 18.1 Å². The first-order valence-corrected chi connectivity index (χ1v) is 11.5. The van der Waals surface area contributed by atoms with E-state index >= 15 is 0 Å². The van der Waals surface area contributed by atoms with Crippen LogP contribution in [0.3, 0.4) is 0 Å². The molecule has 154 valence electrons. The first kappa shape index (κ1) is 18.1. The molecule has 4 aliphatic carbocycles. The molecule has 29 heavy (non-hydrogen) atoms. The van der Waals surface area contributed by atoms with Crippen LogP contribution in [-0.2, 0) is 4.79 Å². The number of oxazole rings is 1. The number of piperidine rings is 1. The van der Waals surface area contributed by atoms with E-state index < -0.39 is 0 Å². The average Bonchev–Trinajstić information content (AvgIpc) is 3.01. The minimum atomic E-state index is -0.351. The number of rotatable bonds is 2. The first-order chi connectivity index (χ1) is 14.0. The smallest absolute Gasteiger partial charge is 0.408 e. The molecule has 4 saturated carbocycles. The monoisotopic (exact) mass is 414 g/mol. The van der Waals surface area contributed by atoms with Crippen LogP contribution in [0.15, 0.2) is 27.4 Å². The van der Waals surface area contributed by atoms with E-state index in [2.05, 4.69) is 4.90 Å². The van der Waals surface area contributed by atoms with Crippen molar-refractivity contribution in [2.45, 2.75) is 57.4 Å². The fourth-order valence-electron chi connectivity index (χ4n) is 7.41. The lowest BCUT2D eigenvalue weighted by Crippen LogP contribution is -2.56. The zero-order valence-corrected chi connectivity index (χ0v) is 17.4. The van der Waals surface area contributed by atoms with Crippen molar-refractivity contribution < 1.29 is 9.21 Å². The number of benzene rings is 1. The van der Waals surface area contributed by atoms with Gasteiger partial charge in [0.15, 0.2) is 5.58 Å². The molecule has 7 rings (SSSR count). The van der Waals surface area contributed by atoms with E-state index in [1.54, 1.807) is 22.8 Å². The van der Waals surface area contributed by atoms with Gasteiger partial charge in [-0.15, -0.1) is 0 Å². The molecule has 0 spiro atoms. The standard InChI is InChI=1S/C23H27ClN2O3/c24-17-3-4-20-19(9-17)26(22(28)29-20)18-2-1-5-25(13-18)21(27)23-10-14-6-15(11-23)8-16(7-14)12-23/h3-4,9,14-16,18H,1-2,5-8,10-13H2/t14?,15?,16?,18-,23?/m1/s1. The summed E-state index contributed by atoms with van der Waals surface area (Å²) in [7, 11) is 0. The maximum atomic E-state index is 13.8. The third kappa shape index (κ3) is 2.80. The number of amides is 1. The lowest BCUT2D eigenvalue weighted by atomic mass is 9.49. The molecule has 5 nitrogen and oxygen atoms in total. The maximum Gasteiger partial charge on any atom is 0.420 e. The Morgan fingerprint density at radius 1 is 1.10 bits per heavy atom. The Morgan fingerprint density at radius 3 is 2.48 bits per heavy atom. The molecule has 0 unspecified atom stereocenters. The predicted octanol–water partition coefficient (Wildman–Crippen LogP) is 4.63. The number of aromatic nitrogens is 1. The molecule has 1 aliphatic heterocycles. The maximum absolute atomic E-state index is 13.8. The van der Waals surface area contributed by atoms with Gasteiger partial charge in [0.25, 0.3) is 0 Å². The molecule has 4 bridgehead atoms. The minimum Gasteiger partial charge on any atom is -0.408 e. The quantitative estimate of drug-likeness (QED) is 0.720. The van der Waals surface area contributed by atoms with Gasteiger partial charge < -0.3 is 9.32 Å². The number of fused-ring (bicyclic) bond motifs is 1. The minimum absolute atomic E-state index is 0.0474. The summed E-state index contributed by atoms with van der Waals surface area (Å²) in [5.74, 6) is 2.28. The van der Waals surface area contributed by atoms with Crippen LogP contribution in [0.5, 0.6) is 0 Å². The van der Waals surface area contributed by atoms with Crippen molar-refractivity contribution in [3.05, 3.63) is 33.8 Å². The number of likely N-dealkylation sites (tertiary alicyclic amines) is 1. The second-order valence-corrected chi connectivity index (χ2v) is 10.5. The van der Waals surface area contributed by atoms with Gasteiger partial charge in [-0.05, 0) is 87.3 Å². The number of nitrogens with zero attached hydrogens (tertiary/aromatic N) is 2. The summed E-state index contributed by atoms with van der Waals surface area (Å²) in [6.07, 6.45) is 9.08. The summed E-state index contributed by atoms with van der Waals surface area (Å²) in [5, 5.41) is 0.587. The number of carbonyl (C=O) groups excluding carboxylic acids is 1. The molecule has 1 aromatic heterocycles. The Bertz CT molecular complexity index is 1000. The molecule has 6 heteroatoms. The van der Waals surface area contributed by atoms with Crippen molar-refractivity contribution in [3.8, 4) is 0 Å². The Labute approximate surface area is 175 Å². The zero-order chi connectivity index (χ0) is 19.8. The molecule has 1 aromatic carbocycles. The predicted molar refractivity (Wildman–Crippen MR) is 111 cm³/mol. The average molecular weight is 415 g/mol. The lowest BCUT2D eigenvalue weighted by Gasteiger charge is -2.57. The fourth-order valence-corrected chi connectivity index (χ4v) is 7.58. The Morgan fingerprint density at radius 2 is 1.79 bits per heavy atom. The number of hydrogen-bond donors (Lipinski definition) is 0. The highest BCUT2D eigenvalue weighted by Crippen LogP contribution is 2.60. The van der Waals surface area contributed by atoms with Crippen molar-refractivity contribution in [2.24, 2.45) is 23.2 Å². The van der Waals surface area contributed by atoms with Gasteiger partial charge in [0.2, 0.25) is 5.91 Å². The zero-order valence-electron chi connectivity index (χ0n) is 16.6. The van der Waals surface area contributed by atoms with E-state index in [9.17, 15) is 9.59 Å². The van der Waals surface area contributed by atoms with Gasteiger partial charge in [-0.2, -0.15) is 0 Å². The Kier molecular flexibility index (Phi) is 3.97. The summed E-state index contributed by atoms with van der Waals surface area (Å²) in [6.45, 7) is 1.41. The third-order valence-electron chi connectivity index (χ3n) is 8.12. The summed E-state index contributed by atoms with van der Waals surface area (Å²) in [6, 6.07) is 5.23. The van der Waals surface area contributed by atoms with Gasteiger partial charge in [-0.3, -0.25) is 9.36 Å². The van der Waals surface area contributed by atoms with Crippen LogP contribution in [0.2, 0.25) is 5.02 Å². The van der Waals surface area contributed by atoms with E-state index in [-0.39, 0.29) is 17.2 Å². The molecule has 2 aromatic rings. The van der Waals surface area contributed by atoms with Gasteiger partial charge in [-0.1, -0.05) is 11.6 Å². The summed E-state index contributed by atoms with van der Waals surface area (Å²) in [4.78, 5) is 28.4. The number of carbonyl (C=O) groups is 1. The molecule has 5 fully saturated rings. The van der Waals surface area contributed by atoms with Crippen molar-refractivity contribution in [1.82, 2.24) is 9.47 Å². The normalized spacial score (nSPS) is 36.1. The molecule has 0 radical (unpaired) electrons. The highest BCUT2D eigenvalue weighted by molar-refractivity contribution is 6.31.